The summed E-state index contributed by atoms with van der Waals surface area (Å²) in [6.45, 7) is 4.84. The van der Waals surface area contributed by atoms with Crippen LogP contribution in [-0.4, -0.2) is 17.3 Å². The fraction of sp³-hybridized carbons (Fsp3) is 0.556. The van der Waals surface area contributed by atoms with E-state index in [9.17, 15) is 5.11 Å². The van der Waals surface area contributed by atoms with E-state index in [1.54, 1.807) is 0 Å². The Balaban J connectivity index is 1.94. The number of hydrogen-bond acceptors (Lipinski definition) is 3. The fourth-order valence-corrected chi connectivity index (χ4v) is 3.69. The maximum Gasteiger partial charge on any atom is 0.140 e. The van der Waals surface area contributed by atoms with Gasteiger partial charge in [0.15, 0.2) is 0 Å². The minimum atomic E-state index is -0.701. The summed E-state index contributed by atoms with van der Waals surface area (Å²) in [5, 5.41) is 12.0. The first kappa shape index (κ1) is 14.6. The molecule has 0 aliphatic heterocycles. The summed E-state index contributed by atoms with van der Waals surface area (Å²) in [6.07, 6.45) is 3.38. The van der Waals surface area contributed by atoms with Gasteiger partial charge in [0.1, 0.15) is 23.0 Å². The average Bonchev–Trinajstić information content (AvgIpc) is 2.90. The Labute approximate surface area is 125 Å². The predicted molar refractivity (Wildman–Crippen MR) is 83.2 cm³/mol. The highest BCUT2D eigenvalue weighted by Gasteiger charge is 2.44. The van der Waals surface area contributed by atoms with Crippen LogP contribution in [0.2, 0.25) is 0 Å². The molecule has 2 aromatic rings. The maximum absolute atomic E-state index is 10.9. The molecule has 3 nitrogen and oxygen atoms in total. The third-order valence-electron chi connectivity index (χ3n) is 4.64. The Morgan fingerprint density at radius 3 is 2.95 bits per heavy atom. The van der Waals surface area contributed by atoms with Gasteiger partial charge in [-0.25, -0.2) is 0 Å². The molecule has 1 N–H and O–H groups in total. The van der Waals surface area contributed by atoms with Crippen LogP contribution in [0.15, 0.2) is 34.7 Å². The van der Waals surface area contributed by atoms with Crippen molar-refractivity contribution in [2.75, 3.05) is 6.61 Å². The zero-order valence-corrected chi connectivity index (χ0v) is 12.8. The second kappa shape index (κ2) is 5.82. The number of hydrogen-bond donors (Lipinski definition) is 1. The molecule has 0 radical (unpaired) electrons. The molecule has 3 rings (SSSR count). The number of rotatable bonds is 4. The van der Waals surface area contributed by atoms with Crippen molar-refractivity contribution in [3.05, 3.63) is 36.1 Å². The van der Waals surface area contributed by atoms with E-state index < -0.39 is 11.7 Å². The number of aliphatic hydroxyl groups is 1. The molecule has 3 unspecified atom stereocenters. The molecule has 1 aromatic carbocycles. The largest absolute Gasteiger partial charge is 0.458 e. The Kier molecular flexibility index (Phi) is 4.05. The van der Waals surface area contributed by atoms with E-state index in [-0.39, 0.29) is 0 Å². The van der Waals surface area contributed by atoms with Crippen molar-refractivity contribution in [2.24, 2.45) is 5.92 Å². The summed E-state index contributed by atoms with van der Waals surface area (Å²) in [7, 11) is 0. The van der Waals surface area contributed by atoms with E-state index >= 15 is 0 Å². The molecule has 3 heteroatoms. The quantitative estimate of drug-likeness (QED) is 0.903. The van der Waals surface area contributed by atoms with Gasteiger partial charge in [-0.05, 0) is 37.8 Å². The third-order valence-corrected chi connectivity index (χ3v) is 4.64. The lowest BCUT2D eigenvalue weighted by Crippen LogP contribution is -2.43. The standard InChI is InChI=1S/C18H24O3/c1-3-20-18(10-6-7-13(2)12-18)17(19)16-11-14-8-4-5-9-15(14)21-16/h4-5,8-9,11,13,17,19H,3,6-7,10,12H2,1-2H3. The van der Waals surface area contributed by atoms with Crippen LogP contribution in [-0.2, 0) is 4.74 Å². The molecule has 1 aromatic heterocycles. The Hall–Kier alpha value is -1.32. The van der Waals surface area contributed by atoms with Gasteiger partial charge in [-0.15, -0.1) is 0 Å². The van der Waals surface area contributed by atoms with Crippen molar-refractivity contribution in [2.45, 2.75) is 51.2 Å². The second-order valence-electron chi connectivity index (χ2n) is 6.29. The van der Waals surface area contributed by atoms with Crippen LogP contribution in [0.5, 0.6) is 0 Å². The van der Waals surface area contributed by atoms with Crippen LogP contribution >= 0.6 is 0 Å². The number of fused-ring (bicyclic) bond motifs is 1. The van der Waals surface area contributed by atoms with E-state index in [1.165, 1.54) is 6.42 Å². The predicted octanol–water partition coefficient (Wildman–Crippen LogP) is 4.45. The molecule has 1 saturated carbocycles. The summed E-state index contributed by atoms with van der Waals surface area (Å²) in [5.74, 6) is 1.20. The first-order valence-corrected chi connectivity index (χ1v) is 7.95. The van der Waals surface area contributed by atoms with Crippen molar-refractivity contribution in [1.29, 1.82) is 0 Å². The molecule has 21 heavy (non-hydrogen) atoms. The normalized spacial score (nSPS) is 27.9. The molecule has 1 heterocycles. The molecule has 0 bridgehead atoms. The van der Waals surface area contributed by atoms with Gasteiger partial charge in [0, 0.05) is 12.0 Å². The van der Waals surface area contributed by atoms with Crippen LogP contribution in [0.1, 0.15) is 51.4 Å². The molecule has 3 atom stereocenters. The highest BCUT2D eigenvalue weighted by Crippen LogP contribution is 2.44. The van der Waals surface area contributed by atoms with E-state index in [0.29, 0.717) is 18.3 Å². The van der Waals surface area contributed by atoms with Crippen LogP contribution in [0.4, 0.5) is 0 Å². The summed E-state index contributed by atoms with van der Waals surface area (Å²) >= 11 is 0. The Morgan fingerprint density at radius 2 is 2.24 bits per heavy atom. The average molecular weight is 288 g/mol. The molecular formula is C18H24O3. The Bertz CT molecular complexity index is 566. The molecule has 0 amide bonds. The van der Waals surface area contributed by atoms with Gasteiger partial charge >= 0.3 is 0 Å². The van der Waals surface area contributed by atoms with Crippen molar-refractivity contribution in [3.63, 3.8) is 0 Å². The summed E-state index contributed by atoms with van der Waals surface area (Å²) in [5.41, 5.74) is 0.322. The summed E-state index contributed by atoms with van der Waals surface area (Å²) in [6, 6.07) is 9.81. The lowest BCUT2D eigenvalue weighted by Gasteiger charge is -2.42. The molecule has 1 aliphatic carbocycles. The van der Waals surface area contributed by atoms with Gasteiger partial charge in [0.25, 0.3) is 0 Å². The van der Waals surface area contributed by atoms with Crippen molar-refractivity contribution in [1.82, 2.24) is 0 Å². The van der Waals surface area contributed by atoms with Gasteiger partial charge < -0.3 is 14.3 Å². The zero-order chi connectivity index (χ0) is 14.9. The van der Waals surface area contributed by atoms with E-state index in [0.717, 1.165) is 30.2 Å². The lowest BCUT2D eigenvalue weighted by molar-refractivity contribution is -0.155. The van der Waals surface area contributed by atoms with Crippen LogP contribution < -0.4 is 0 Å². The highest BCUT2D eigenvalue weighted by molar-refractivity contribution is 5.77. The molecule has 0 spiro atoms. The molecule has 114 valence electrons. The fourth-order valence-electron chi connectivity index (χ4n) is 3.69. The van der Waals surface area contributed by atoms with E-state index in [4.69, 9.17) is 9.15 Å². The van der Waals surface area contributed by atoms with E-state index in [1.807, 2.05) is 37.3 Å². The van der Waals surface area contributed by atoms with Gasteiger partial charge in [-0.1, -0.05) is 38.0 Å². The number of furan rings is 1. The monoisotopic (exact) mass is 288 g/mol. The minimum absolute atomic E-state index is 0.500. The van der Waals surface area contributed by atoms with Crippen LogP contribution in [0.25, 0.3) is 11.0 Å². The number of benzene rings is 1. The van der Waals surface area contributed by atoms with Crippen molar-refractivity contribution in [3.8, 4) is 0 Å². The highest BCUT2D eigenvalue weighted by atomic mass is 16.5. The van der Waals surface area contributed by atoms with Crippen molar-refractivity contribution < 1.29 is 14.3 Å². The smallest absolute Gasteiger partial charge is 0.140 e. The zero-order valence-electron chi connectivity index (χ0n) is 12.8. The van der Waals surface area contributed by atoms with Gasteiger partial charge in [-0.2, -0.15) is 0 Å². The minimum Gasteiger partial charge on any atom is -0.458 e. The molecule has 1 aliphatic rings. The SMILES string of the molecule is CCOC1(C(O)c2cc3ccccc3o2)CCCC(C)C1. The number of ether oxygens (including phenoxy) is 1. The van der Waals surface area contributed by atoms with E-state index in [2.05, 4.69) is 6.92 Å². The number of aliphatic hydroxyl groups excluding tert-OH is 1. The summed E-state index contributed by atoms with van der Waals surface area (Å²) in [4.78, 5) is 0. The van der Waals surface area contributed by atoms with Crippen molar-refractivity contribution >= 4 is 11.0 Å². The van der Waals surface area contributed by atoms with Gasteiger partial charge in [-0.3, -0.25) is 0 Å². The van der Waals surface area contributed by atoms with Gasteiger partial charge in [0.2, 0.25) is 0 Å². The topological polar surface area (TPSA) is 42.6 Å². The first-order valence-electron chi connectivity index (χ1n) is 7.95. The Morgan fingerprint density at radius 1 is 1.43 bits per heavy atom. The summed E-state index contributed by atoms with van der Waals surface area (Å²) < 4.78 is 11.9. The first-order chi connectivity index (χ1) is 10.1. The lowest BCUT2D eigenvalue weighted by atomic mass is 9.75. The molecule has 0 saturated heterocycles. The second-order valence-corrected chi connectivity index (χ2v) is 6.29. The third kappa shape index (κ3) is 2.72. The molecule has 1 fully saturated rings. The maximum atomic E-state index is 10.9. The molecular weight excluding hydrogens is 264 g/mol. The van der Waals surface area contributed by atoms with Crippen LogP contribution in [0.3, 0.4) is 0 Å². The van der Waals surface area contributed by atoms with Crippen LogP contribution in [0, 0.1) is 5.92 Å². The van der Waals surface area contributed by atoms with Gasteiger partial charge in [0.05, 0.1) is 0 Å². The number of para-hydroxylation sites is 1.